The minimum absolute atomic E-state index is 0.373. The molecule has 3 nitrogen and oxygen atoms in total. The van der Waals surface area contributed by atoms with Gasteiger partial charge in [-0.3, -0.25) is 5.32 Å². The van der Waals surface area contributed by atoms with E-state index in [1.807, 2.05) is 6.07 Å². The zero-order chi connectivity index (χ0) is 11.9. The van der Waals surface area contributed by atoms with Gasteiger partial charge in [0.05, 0.1) is 18.7 Å². The van der Waals surface area contributed by atoms with Gasteiger partial charge in [0.25, 0.3) is 5.82 Å². The second-order valence-electron chi connectivity index (χ2n) is 4.97. The molecule has 2 aromatic rings. The summed E-state index contributed by atoms with van der Waals surface area (Å²) in [7, 11) is 0. The number of nitrogens with zero attached hydrogens (tertiary/aromatic N) is 1. The van der Waals surface area contributed by atoms with Gasteiger partial charge in [0.1, 0.15) is 18.3 Å². The van der Waals surface area contributed by atoms with E-state index in [4.69, 9.17) is 4.74 Å². The molecule has 0 radical (unpaired) electrons. The standard InChI is InChI=1S/C15H14N2O/c1-2-6-13-12(5-1)15-11(10-18-13)9-17-8-4-3-7-14(17)16-15/h1-8,11,15H,9-10H2/p+1. The molecule has 0 saturated carbocycles. The van der Waals surface area contributed by atoms with Crippen LogP contribution in [0.3, 0.4) is 0 Å². The van der Waals surface area contributed by atoms with Crippen LogP contribution < -0.4 is 14.6 Å². The Bertz CT molecular complexity index is 597. The van der Waals surface area contributed by atoms with Gasteiger partial charge in [-0.15, -0.1) is 0 Å². The molecule has 1 N–H and O–H groups in total. The van der Waals surface area contributed by atoms with Crippen LogP contribution in [0.25, 0.3) is 0 Å². The van der Waals surface area contributed by atoms with Gasteiger partial charge in [-0.2, -0.15) is 0 Å². The second kappa shape index (κ2) is 3.73. The molecule has 2 unspecified atom stereocenters. The lowest BCUT2D eigenvalue weighted by atomic mass is 9.89. The van der Waals surface area contributed by atoms with Gasteiger partial charge in [-0.25, -0.2) is 4.57 Å². The lowest BCUT2D eigenvalue weighted by molar-refractivity contribution is -0.695. The molecule has 2 aliphatic heterocycles. The van der Waals surface area contributed by atoms with Crippen molar-refractivity contribution in [2.75, 3.05) is 11.9 Å². The summed E-state index contributed by atoms with van der Waals surface area (Å²) in [4.78, 5) is 0. The number of hydrogen-bond donors (Lipinski definition) is 1. The van der Waals surface area contributed by atoms with Crippen LogP contribution in [-0.2, 0) is 6.54 Å². The highest BCUT2D eigenvalue weighted by molar-refractivity contribution is 5.44. The molecule has 18 heavy (non-hydrogen) atoms. The van der Waals surface area contributed by atoms with Crippen LogP contribution in [0, 0.1) is 5.92 Å². The van der Waals surface area contributed by atoms with E-state index in [9.17, 15) is 0 Å². The molecule has 1 aromatic carbocycles. The number of para-hydroxylation sites is 1. The van der Waals surface area contributed by atoms with Gasteiger partial charge >= 0.3 is 0 Å². The average Bonchev–Trinajstić information content (AvgIpc) is 2.45. The predicted molar refractivity (Wildman–Crippen MR) is 68.4 cm³/mol. The van der Waals surface area contributed by atoms with Crippen LogP contribution >= 0.6 is 0 Å². The SMILES string of the molecule is c1ccc2c(c1)OCC1C[n+]3ccccc3NC21. The van der Waals surface area contributed by atoms with E-state index >= 15 is 0 Å². The molecule has 3 heterocycles. The highest BCUT2D eigenvalue weighted by Crippen LogP contribution is 2.38. The first kappa shape index (κ1) is 9.95. The monoisotopic (exact) mass is 239 g/mol. The summed E-state index contributed by atoms with van der Waals surface area (Å²) >= 11 is 0. The molecular formula is C15H15N2O+. The van der Waals surface area contributed by atoms with Crippen molar-refractivity contribution in [3.05, 3.63) is 54.2 Å². The Hall–Kier alpha value is -2.03. The van der Waals surface area contributed by atoms with Crippen LogP contribution in [0.2, 0.25) is 0 Å². The minimum Gasteiger partial charge on any atom is -0.493 e. The molecule has 4 rings (SSSR count). The Labute approximate surface area is 106 Å². The molecule has 0 amide bonds. The van der Waals surface area contributed by atoms with E-state index in [1.54, 1.807) is 0 Å². The largest absolute Gasteiger partial charge is 0.493 e. The molecule has 0 fully saturated rings. The molecule has 0 aliphatic carbocycles. The number of nitrogens with one attached hydrogen (secondary N) is 1. The van der Waals surface area contributed by atoms with Crippen molar-refractivity contribution in [3.63, 3.8) is 0 Å². The number of rotatable bonds is 0. The third-order valence-electron chi connectivity index (χ3n) is 3.85. The third-order valence-corrected chi connectivity index (χ3v) is 3.85. The van der Waals surface area contributed by atoms with E-state index < -0.39 is 0 Å². The highest BCUT2D eigenvalue weighted by Gasteiger charge is 2.39. The Balaban J connectivity index is 1.79. The number of anilines is 1. The summed E-state index contributed by atoms with van der Waals surface area (Å²) < 4.78 is 8.12. The van der Waals surface area contributed by atoms with E-state index in [1.165, 1.54) is 11.4 Å². The van der Waals surface area contributed by atoms with Crippen molar-refractivity contribution >= 4 is 5.82 Å². The number of aromatic nitrogens is 1. The van der Waals surface area contributed by atoms with Crippen LogP contribution in [0.15, 0.2) is 48.7 Å². The summed E-state index contributed by atoms with van der Waals surface area (Å²) in [6, 6.07) is 15.0. The fourth-order valence-electron chi connectivity index (χ4n) is 2.95. The maximum atomic E-state index is 5.85. The van der Waals surface area contributed by atoms with Gasteiger partial charge in [-0.1, -0.05) is 24.3 Å². The lowest BCUT2D eigenvalue weighted by Gasteiger charge is -2.34. The van der Waals surface area contributed by atoms with Crippen LogP contribution in [0.5, 0.6) is 5.75 Å². The van der Waals surface area contributed by atoms with Gasteiger partial charge in [-0.05, 0) is 12.1 Å². The molecule has 2 atom stereocenters. The van der Waals surface area contributed by atoms with Crippen molar-refractivity contribution in [2.45, 2.75) is 12.6 Å². The first-order valence-corrected chi connectivity index (χ1v) is 6.38. The molecule has 0 bridgehead atoms. The fourth-order valence-corrected chi connectivity index (χ4v) is 2.95. The third kappa shape index (κ3) is 1.40. The summed E-state index contributed by atoms with van der Waals surface area (Å²) in [5, 5.41) is 3.64. The summed E-state index contributed by atoms with van der Waals surface area (Å²) in [5.41, 5.74) is 1.28. The summed E-state index contributed by atoms with van der Waals surface area (Å²) in [6.07, 6.45) is 2.12. The first-order valence-electron chi connectivity index (χ1n) is 6.38. The van der Waals surface area contributed by atoms with Gasteiger partial charge < -0.3 is 4.74 Å². The Kier molecular flexibility index (Phi) is 2.06. The Morgan fingerprint density at radius 3 is 3.00 bits per heavy atom. The maximum Gasteiger partial charge on any atom is 0.274 e. The fraction of sp³-hybridized carbons (Fsp3) is 0.267. The van der Waals surface area contributed by atoms with Gasteiger partial charge in [0.15, 0.2) is 0 Å². The quantitative estimate of drug-likeness (QED) is 0.713. The summed E-state index contributed by atoms with van der Waals surface area (Å²) in [5.74, 6) is 2.71. The molecule has 0 spiro atoms. The number of ether oxygens (including phenoxy) is 1. The maximum absolute atomic E-state index is 5.85. The van der Waals surface area contributed by atoms with E-state index in [2.05, 4.69) is 52.5 Å². The smallest absolute Gasteiger partial charge is 0.274 e. The highest BCUT2D eigenvalue weighted by atomic mass is 16.5. The van der Waals surface area contributed by atoms with Crippen LogP contribution in [-0.4, -0.2) is 6.61 Å². The number of pyridine rings is 1. The van der Waals surface area contributed by atoms with Crippen LogP contribution in [0.1, 0.15) is 11.6 Å². The van der Waals surface area contributed by atoms with E-state index in [-0.39, 0.29) is 0 Å². The zero-order valence-corrected chi connectivity index (χ0v) is 10.0. The van der Waals surface area contributed by atoms with Gasteiger partial charge in [0, 0.05) is 11.6 Å². The van der Waals surface area contributed by atoms with Crippen molar-refractivity contribution in [1.29, 1.82) is 0 Å². The van der Waals surface area contributed by atoms with Crippen molar-refractivity contribution in [1.82, 2.24) is 0 Å². The van der Waals surface area contributed by atoms with Gasteiger partial charge in [0.2, 0.25) is 0 Å². The Morgan fingerprint density at radius 2 is 2.00 bits per heavy atom. The molecular weight excluding hydrogens is 224 g/mol. The number of hydrogen-bond acceptors (Lipinski definition) is 2. The van der Waals surface area contributed by atoms with Crippen LogP contribution in [0.4, 0.5) is 5.82 Å². The normalized spacial score (nSPS) is 24.0. The second-order valence-corrected chi connectivity index (χ2v) is 4.97. The minimum atomic E-state index is 0.373. The predicted octanol–water partition coefficient (Wildman–Crippen LogP) is 2.15. The van der Waals surface area contributed by atoms with Crippen molar-refractivity contribution in [2.24, 2.45) is 5.92 Å². The zero-order valence-electron chi connectivity index (χ0n) is 10.0. The molecule has 3 heteroatoms. The lowest BCUT2D eigenvalue weighted by Crippen LogP contribution is -2.51. The Morgan fingerprint density at radius 1 is 1.11 bits per heavy atom. The van der Waals surface area contributed by atoms with E-state index in [0.717, 1.165) is 18.9 Å². The first-order chi connectivity index (χ1) is 8.92. The van der Waals surface area contributed by atoms with Crippen molar-refractivity contribution < 1.29 is 9.30 Å². The molecule has 2 aliphatic rings. The summed E-state index contributed by atoms with van der Waals surface area (Å²) in [6.45, 7) is 1.80. The molecule has 90 valence electrons. The molecule has 1 aromatic heterocycles. The number of fused-ring (bicyclic) bond motifs is 4. The average molecular weight is 239 g/mol. The number of benzene rings is 1. The van der Waals surface area contributed by atoms with Crippen molar-refractivity contribution in [3.8, 4) is 5.75 Å². The molecule has 0 saturated heterocycles. The topological polar surface area (TPSA) is 25.1 Å². The van der Waals surface area contributed by atoms with E-state index in [0.29, 0.717) is 12.0 Å².